The highest BCUT2D eigenvalue weighted by Gasteiger charge is 2.34. The Bertz CT molecular complexity index is 414. The summed E-state index contributed by atoms with van der Waals surface area (Å²) in [5.41, 5.74) is 0.968. The Labute approximate surface area is 105 Å². The number of carbonyl (C=O) groups is 1. The summed E-state index contributed by atoms with van der Waals surface area (Å²) >= 11 is 3.48. The molecule has 0 unspecified atom stereocenters. The van der Waals surface area contributed by atoms with Crippen LogP contribution < -0.4 is 4.90 Å². The quantitative estimate of drug-likeness (QED) is 0.788. The van der Waals surface area contributed by atoms with Crippen molar-refractivity contribution in [2.45, 2.75) is 20.3 Å². The summed E-state index contributed by atoms with van der Waals surface area (Å²) in [5, 5.41) is 0. The van der Waals surface area contributed by atoms with Gasteiger partial charge in [-0.25, -0.2) is 0 Å². The normalized spacial score (nSPS) is 19.9. The maximum atomic E-state index is 11.7. The van der Waals surface area contributed by atoms with Crippen molar-refractivity contribution >= 4 is 27.4 Å². The molecule has 16 heavy (non-hydrogen) atoms. The highest BCUT2D eigenvalue weighted by molar-refractivity contribution is 9.10. The summed E-state index contributed by atoms with van der Waals surface area (Å²) in [6, 6.07) is 8.25. The summed E-state index contributed by atoms with van der Waals surface area (Å²) in [5.74, 6) is 0.374. The number of hydrogen-bond donors (Lipinski definition) is 0. The Morgan fingerprint density at radius 1 is 1.38 bits per heavy atom. The largest absolute Gasteiger partial charge is 0.370 e. The monoisotopic (exact) mass is 281 g/mol. The molecule has 1 aliphatic heterocycles. The first kappa shape index (κ1) is 11.6. The van der Waals surface area contributed by atoms with E-state index in [1.807, 2.05) is 26.0 Å². The molecule has 1 aromatic carbocycles. The zero-order chi connectivity index (χ0) is 11.8. The lowest BCUT2D eigenvalue weighted by Crippen LogP contribution is -2.46. The number of piperidine rings is 1. The molecule has 2 rings (SSSR count). The summed E-state index contributed by atoms with van der Waals surface area (Å²) in [4.78, 5) is 14.0. The van der Waals surface area contributed by atoms with Crippen LogP contribution in [0.3, 0.4) is 0 Å². The number of Topliss-reactive ketones (excluding diaryl/α,β-unsaturated/α-hetero) is 1. The van der Waals surface area contributed by atoms with Crippen LogP contribution in [-0.2, 0) is 4.79 Å². The lowest BCUT2D eigenvalue weighted by Gasteiger charge is -2.38. The summed E-state index contributed by atoms with van der Waals surface area (Å²) in [6.45, 7) is 5.69. The van der Waals surface area contributed by atoms with Crippen molar-refractivity contribution < 1.29 is 4.79 Å². The van der Waals surface area contributed by atoms with Crippen molar-refractivity contribution in [1.82, 2.24) is 0 Å². The molecule has 0 aromatic heterocycles. The second kappa shape index (κ2) is 4.21. The number of rotatable bonds is 1. The van der Waals surface area contributed by atoms with Gasteiger partial charge in [0.2, 0.25) is 0 Å². The molecule has 1 heterocycles. The number of nitrogens with zero attached hydrogens (tertiary/aromatic N) is 1. The maximum absolute atomic E-state index is 11.7. The number of benzene rings is 1. The van der Waals surface area contributed by atoms with Crippen molar-refractivity contribution in [3.63, 3.8) is 0 Å². The third kappa shape index (κ3) is 2.29. The van der Waals surface area contributed by atoms with Gasteiger partial charge in [0, 0.05) is 35.1 Å². The number of halogens is 1. The van der Waals surface area contributed by atoms with Crippen LogP contribution >= 0.6 is 15.9 Å². The number of ketones is 1. The molecule has 0 amide bonds. The Balaban J connectivity index is 2.21. The molecule has 1 saturated heterocycles. The molecule has 0 N–H and O–H groups in total. The average Bonchev–Trinajstić information content (AvgIpc) is 2.22. The van der Waals surface area contributed by atoms with Gasteiger partial charge in [-0.3, -0.25) is 4.79 Å². The predicted molar refractivity (Wildman–Crippen MR) is 69.8 cm³/mol. The van der Waals surface area contributed by atoms with Crippen LogP contribution in [0.2, 0.25) is 0 Å². The fraction of sp³-hybridized carbons (Fsp3) is 0.462. The van der Waals surface area contributed by atoms with Crippen LogP contribution in [0.5, 0.6) is 0 Å². The molecule has 1 fully saturated rings. The third-order valence-electron chi connectivity index (χ3n) is 3.12. The van der Waals surface area contributed by atoms with Gasteiger partial charge in [0.15, 0.2) is 0 Å². The van der Waals surface area contributed by atoms with Gasteiger partial charge in [-0.15, -0.1) is 0 Å². The smallest absolute Gasteiger partial charge is 0.142 e. The zero-order valence-corrected chi connectivity index (χ0v) is 11.3. The highest BCUT2D eigenvalue weighted by atomic mass is 79.9. The van der Waals surface area contributed by atoms with Gasteiger partial charge >= 0.3 is 0 Å². The van der Waals surface area contributed by atoms with Gasteiger partial charge in [0.25, 0.3) is 0 Å². The Morgan fingerprint density at radius 2 is 2.12 bits per heavy atom. The Morgan fingerprint density at radius 3 is 2.75 bits per heavy atom. The molecule has 1 aromatic rings. The van der Waals surface area contributed by atoms with Crippen molar-refractivity contribution in [1.29, 1.82) is 0 Å². The second-order valence-electron chi connectivity index (χ2n) is 4.96. The molecule has 3 heteroatoms. The molecule has 0 spiro atoms. The maximum Gasteiger partial charge on any atom is 0.142 e. The lowest BCUT2D eigenvalue weighted by molar-refractivity contribution is -0.127. The van der Waals surface area contributed by atoms with Gasteiger partial charge in [0.05, 0.1) is 0 Å². The molecule has 0 saturated carbocycles. The first-order chi connectivity index (χ1) is 7.49. The van der Waals surface area contributed by atoms with Gasteiger partial charge in [0.1, 0.15) is 5.78 Å². The molecular formula is C13H16BrNO. The fourth-order valence-electron chi connectivity index (χ4n) is 2.11. The first-order valence-corrected chi connectivity index (χ1v) is 6.32. The Hall–Kier alpha value is -0.830. The minimum absolute atomic E-state index is 0.222. The van der Waals surface area contributed by atoms with E-state index in [4.69, 9.17) is 0 Å². The van der Waals surface area contributed by atoms with Crippen molar-refractivity contribution in [2.24, 2.45) is 5.41 Å². The van der Waals surface area contributed by atoms with Crippen molar-refractivity contribution in [3.05, 3.63) is 28.7 Å². The van der Waals surface area contributed by atoms with Crippen LogP contribution in [0.15, 0.2) is 28.7 Å². The topological polar surface area (TPSA) is 20.3 Å². The number of hydrogen-bond acceptors (Lipinski definition) is 2. The molecule has 2 nitrogen and oxygen atoms in total. The standard InChI is InChI=1S/C13H16BrNO/c1-13(2)9-15(7-6-12(13)16)11-5-3-4-10(14)8-11/h3-5,8H,6-7,9H2,1-2H3. The van der Waals surface area contributed by atoms with E-state index in [0.717, 1.165) is 17.6 Å². The molecular weight excluding hydrogens is 266 g/mol. The third-order valence-corrected chi connectivity index (χ3v) is 3.62. The number of anilines is 1. The summed E-state index contributed by atoms with van der Waals surface area (Å²) < 4.78 is 1.08. The van der Waals surface area contributed by atoms with Crippen LogP contribution in [0.1, 0.15) is 20.3 Å². The van der Waals surface area contributed by atoms with Crippen molar-refractivity contribution in [3.8, 4) is 0 Å². The van der Waals surface area contributed by atoms with Crippen molar-refractivity contribution in [2.75, 3.05) is 18.0 Å². The lowest BCUT2D eigenvalue weighted by atomic mass is 9.82. The van der Waals surface area contributed by atoms with E-state index in [-0.39, 0.29) is 5.41 Å². The van der Waals surface area contributed by atoms with Crippen LogP contribution in [0.4, 0.5) is 5.69 Å². The van der Waals surface area contributed by atoms with Gasteiger partial charge in [-0.1, -0.05) is 35.8 Å². The molecule has 0 radical (unpaired) electrons. The average molecular weight is 282 g/mol. The van der Waals surface area contributed by atoms with E-state index in [0.29, 0.717) is 12.2 Å². The molecule has 86 valence electrons. The summed E-state index contributed by atoms with van der Waals surface area (Å²) in [7, 11) is 0. The van der Waals surface area contributed by atoms with E-state index in [1.54, 1.807) is 0 Å². The minimum Gasteiger partial charge on any atom is -0.370 e. The van der Waals surface area contributed by atoms with E-state index in [9.17, 15) is 4.79 Å². The molecule has 0 bridgehead atoms. The molecule has 1 aliphatic rings. The zero-order valence-electron chi connectivity index (χ0n) is 9.66. The van der Waals surface area contributed by atoms with Crippen LogP contribution in [-0.4, -0.2) is 18.9 Å². The summed E-state index contributed by atoms with van der Waals surface area (Å²) in [6.07, 6.45) is 0.652. The minimum atomic E-state index is -0.222. The number of carbonyl (C=O) groups excluding carboxylic acids is 1. The second-order valence-corrected chi connectivity index (χ2v) is 5.87. The molecule has 0 atom stereocenters. The molecule has 0 aliphatic carbocycles. The Kier molecular flexibility index (Phi) is 3.06. The van der Waals surface area contributed by atoms with Crippen LogP contribution in [0, 0.1) is 5.41 Å². The van der Waals surface area contributed by atoms with Gasteiger partial charge in [-0.05, 0) is 18.2 Å². The van der Waals surface area contributed by atoms with Gasteiger partial charge in [-0.2, -0.15) is 0 Å². The van der Waals surface area contributed by atoms with E-state index >= 15 is 0 Å². The van der Waals surface area contributed by atoms with E-state index in [1.165, 1.54) is 5.69 Å². The van der Waals surface area contributed by atoms with Crippen LogP contribution in [0.25, 0.3) is 0 Å². The first-order valence-electron chi connectivity index (χ1n) is 5.53. The highest BCUT2D eigenvalue weighted by Crippen LogP contribution is 2.30. The van der Waals surface area contributed by atoms with E-state index in [2.05, 4.69) is 33.0 Å². The van der Waals surface area contributed by atoms with E-state index < -0.39 is 0 Å². The van der Waals surface area contributed by atoms with Gasteiger partial charge < -0.3 is 4.90 Å². The fourth-order valence-corrected chi connectivity index (χ4v) is 2.50. The predicted octanol–water partition coefficient (Wildman–Crippen LogP) is 3.25. The SMILES string of the molecule is CC1(C)CN(c2cccc(Br)c2)CCC1=O.